The van der Waals surface area contributed by atoms with E-state index >= 15 is 0 Å². The number of amides is 1. The lowest BCUT2D eigenvalue weighted by atomic mass is 10.0. The summed E-state index contributed by atoms with van der Waals surface area (Å²) in [5.41, 5.74) is 0. The van der Waals surface area contributed by atoms with Crippen LogP contribution < -0.4 is 10.2 Å². The number of hydrogen-bond donors (Lipinski definition) is 1. The molecule has 0 fully saturated rings. The monoisotopic (exact) mass is 1260 g/mol. The van der Waals surface area contributed by atoms with E-state index in [4.69, 9.17) is 13.8 Å². The van der Waals surface area contributed by atoms with Gasteiger partial charge in [0.05, 0.1) is 33.8 Å². The summed E-state index contributed by atoms with van der Waals surface area (Å²) >= 11 is 0. The Morgan fingerprint density at radius 3 is 1.10 bits per heavy atom. The molecule has 0 spiro atoms. The highest BCUT2D eigenvalue weighted by Crippen LogP contribution is 2.38. The zero-order valence-electron chi connectivity index (χ0n) is 59.1. The van der Waals surface area contributed by atoms with E-state index in [1.165, 1.54) is 199 Å². The van der Waals surface area contributed by atoms with Gasteiger partial charge in [-0.1, -0.05) is 317 Å². The summed E-state index contributed by atoms with van der Waals surface area (Å²) in [5, 5.41) is 3.05. The van der Waals surface area contributed by atoms with Gasteiger partial charge in [-0.2, -0.15) is 0 Å². The van der Waals surface area contributed by atoms with Crippen molar-refractivity contribution in [2.24, 2.45) is 0 Å². The van der Waals surface area contributed by atoms with E-state index in [1.54, 1.807) is 0 Å². The number of hydrogen-bond acceptors (Lipinski definition) is 7. The second-order valence-corrected chi connectivity index (χ2v) is 27.8. The summed E-state index contributed by atoms with van der Waals surface area (Å²) in [7, 11) is 1.18. The van der Waals surface area contributed by atoms with Crippen molar-refractivity contribution in [3.63, 3.8) is 0 Å². The Kier molecular flexibility index (Phi) is 65.5. The number of nitrogens with one attached hydrogen (secondary N) is 1. The number of ether oxygens (including phenoxy) is 1. The smallest absolute Gasteiger partial charge is 0.306 e. The fraction of sp³-hybridized carbons (Fsp3) is 0.772. The van der Waals surface area contributed by atoms with Gasteiger partial charge in [0.25, 0.3) is 7.82 Å². The molecule has 3 unspecified atom stereocenters. The largest absolute Gasteiger partial charge is 0.756 e. The third kappa shape index (κ3) is 69.1. The minimum atomic E-state index is -4.71. The summed E-state index contributed by atoms with van der Waals surface area (Å²) in [6.45, 7) is 6.73. The van der Waals surface area contributed by atoms with Gasteiger partial charge in [-0.3, -0.25) is 14.2 Å². The molecule has 0 aliphatic rings. The van der Waals surface area contributed by atoms with Gasteiger partial charge >= 0.3 is 5.97 Å². The van der Waals surface area contributed by atoms with Crippen LogP contribution in [-0.4, -0.2) is 69.4 Å². The fourth-order valence-corrected chi connectivity index (χ4v) is 11.5. The van der Waals surface area contributed by atoms with E-state index in [2.05, 4.69) is 111 Å². The summed E-state index contributed by atoms with van der Waals surface area (Å²) < 4.78 is 30.5. The first kappa shape index (κ1) is 85.9. The predicted molar refractivity (Wildman–Crippen MR) is 385 cm³/mol. The highest BCUT2D eigenvalue weighted by atomic mass is 31.2. The second kappa shape index (κ2) is 67.8. The summed E-state index contributed by atoms with van der Waals surface area (Å²) in [6, 6.07) is -0.895. The lowest BCUT2D eigenvalue weighted by Crippen LogP contribution is -2.47. The van der Waals surface area contributed by atoms with Crippen molar-refractivity contribution >= 4 is 19.7 Å². The van der Waals surface area contributed by atoms with Crippen LogP contribution in [-0.2, 0) is 27.9 Å². The van der Waals surface area contributed by atoms with Crippen LogP contribution in [0.2, 0.25) is 0 Å². The number of unbranched alkanes of at least 4 members (excludes halogenated alkanes) is 38. The SMILES string of the molecule is CC/C=C\C/C=C\C/C=C\C/C=C\C/C=C\CCCCCCCCCCCCCC(=O)NC(COP(=O)([O-])OCC[N+](C)(C)C)C(/C=C/CCCCCCCCCCC)OC(=O)CCCCCCCCCCCCCCCCC/C=C\C/C=C\CCCCC. The van der Waals surface area contributed by atoms with Crippen LogP contribution in [0.1, 0.15) is 342 Å². The van der Waals surface area contributed by atoms with Crippen molar-refractivity contribution in [1.29, 1.82) is 0 Å². The average molecular weight is 1260 g/mol. The van der Waals surface area contributed by atoms with Gasteiger partial charge in [-0.25, -0.2) is 0 Å². The summed E-state index contributed by atoms with van der Waals surface area (Å²) in [6.07, 6.45) is 92.6. The molecule has 0 aromatic carbocycles. The number of nitrogens with zero attached hydrogens (tertiary/aromatic N) is 1. The number of phosphoric ester groups is 1. The highest BCUT2D eigenvalue weighted by Gasteiger charge is 2.27. The lowest BCUT2D eigenvalue weighted by molar-refractivity contribution is -0.870. The number of rotatable bonds is 68. The molecule has 1 N–H and O–H groups in total. The fourth-order valence-electron chi connectivity index (χ4n) is 10.8. The topological polar surface area (TPSA) is 114 Å². The normalized spacial score (nSPS) is 14.0. The van der Waals surface area contributed by atoms with Gasteiger partial charge < -0.3 is 28.5 Å². The van der Waals surface area contributed by atoms with Crippen molar-refractivity contribution < 1.29 is 37.3 Å². The first-order valence-corrected chi connectivity index (χ1v) is 39.0. The summed E-state index contributed by atoms with van der Waals surface area (Å²) in [5.74, 6) is -0.537. The van der Waals surface area contributed by atoms with Crippen LogP contribution in [0.5, 0.6) is 0 Å². The minimum absolute atomic E-state index is 0.0253. The highest BCUT2D eigenvalue weighted by molar-refractivity contribution is 7.45. The van der Waals surface area contributed by atoms with Gasteiger partial charge in [0.15, 0.2) is 0 Å². The molecule has 0 bridgehead atoms. The molecule has 516 valence electrons. The Balaban J connectivity index is 4.95. The third-order valence-corrected chi connectivity index (χ3v) is 17.5. The Morgan fingerprint density at radius 2 is 0.719 bits per heavy atom. The number of carbonyl (C=O) groups is 2. The molecule has 0 aliphatic carbocycles. The Morgan fingerprint density at radius 1 is 0.404 bits per heavy atom. The maximum absolute atomic E-state index is 13.6. The molecule has 0 rings (SSSR count). The van der Waals surface area contributed by atoms with Crippen molar-refractivity contribution in [3.8, 4) is 0 Å². The summed E-state index contributed by atoms with van der Waals surface area (Å²) in [4.78, 5) is 40.2. The number of esters is 1. The van der Waals surface area contributed by atoms with E-state index < -0.39 is 26.6 Å². The molecule has 1 amide bonds. The number of quaternary nitrogens is 1. The Bertz CT molecular complexity index is 1840. The second-order valence-electron chi connectivity index (χ2n) is 26.4. The van der Waals surface area contributed by atoms with Crippen LogP contribution in [0.4, 0.5) is 0 Å². The quantitative estimate of drug-likeness (QED) is 0.0212. The van der Waals surface area contributed by atoms with E-state index in [0.717, 1.165) is 109 Å². The van der Waals surface area contributed by atoms with Crippen molar-refractivity contribution in [3.05, 3.63) is 97.2 Å². The average Bonchev–Trinajstić information content (AvgIpc) is 3.70. The lowest BCUT2D eigenvalue weighted by Gasteiger charge is -2.30. The van der Waals surface area contributed by atoms with E-state index in [1.807, 2.05) is 33.3 Å². The maximum Gasteiger partial charge on any atom is 0.306 e. The van der Waals surface area contributed by atoms with Crippen LogP contribution in [0.15, 0.2) is 97.2 Å². The van der Waals surface area contributed by atoms with Gasteiger partial charge in [0, 0.05) is 12.8 Å². The molecule has 0 saturated carbocycles. The zero-order chi connectivity index (χ0) is 64.9. The van der Waals surface area contributed by atoms with Crippen LogP contribution >= 0.6 is 7.82 Å². The minimum Gasteiger partial charge on any atom is -0.756 e. The predicted octanol–water partition coefficient (Wildman–Crippen LogP) is 23.6. The van der Waals surface area contributed by atoms with Gasteiger partial charge in [-0.05, 0) is 109 Å². The van der Waals surface area contributed by atoms with Crippen LogP contribution in [0.25, 0.3) is 0 Å². The zero-order valence-corrected chi connectivity index (χ0v) is 60.0. The molecule has 0 radical (unpaired) electrons. The Labute approximate surface area is 551 Å². The van der Waals surface area contributed by atoms with E-state index in [-0.39, 0.29) is 24.9 Å². The molecule has 89 heavy (non-hydrogen) atoms. The van der Waals surface area contributed by atoms with Gasteiger partial charge in [0.1, 0.15) is 19.3 Å². The van der Waals surface area contributed by atoms with E-state index in [0.29, 0.717) is 17.4 Å². The molecule has 10 heteroatoms. The molecule has 0 saturated heterocycles. The molecule has 0 aliphatic heterocycles. The third-order valence-electron chi connectivity index (χ3n) is 16.5. The molecule has 9 nitrogen and oxygen atoms in total. The molecular weight excluding hydrogens is 1120 g/mol. The number of phosphoric acid groups is 1. The molecular formula is C79H143N2O7P. The van der Waals surface area contributed by atoms with E-state index in [9.17, 15) is 19.0 Å². The van der Waals surface area contributed by atoms with Crippen LogP contribution in [0.3, 0.4) is 0 Å². The molecule has 0 heterocycles. The van der Waals surface area contributed by atoms with Gasteiger partial charge in [-0.15, -0.1) is 0 Å². The number of likely N-dealkylation sites (N-methyl/N-ethyl adjacent to an activating group) is 1. The first-order chi connectivity index (χ1) is 43.4. The first-order valence-electron chi connectivity index (χ1n) is 37.5. The van der Waals surface area contributed by atoms with Gasteiger partial charge in [0.2, 0.25) is 5.91 Å². The maximum atomic E-state index is 13.6. The molecule has 3 atom stereocenters. The number of carbonyl (C=O) groups excluding carboxylic acids is 2. The molecule has 0 aromatic rings. The molecule has 0 aromatic heterocycles. The Hall–Kier alpha value is -3.07. The van der Waals surface area contributed by atoms with Crippen molar-refractivity contribution in [1.82, 2.24) is 5.32 Å². The van der Waals surface area contributed by atoms with Crippen molar-refractivity contribution in [2.45, 2.75) is 354 Å². The van der Waals surface area contributed by atoms with Crippen LogP contribution in [0, 0.1) is 0 Å². The number of allylic oxidation sites excluding steroid dienone is 15. The van der Waals surface area contributed by atoms with Crippen molar-refractivity contribution in [2.75, 3.05) is 40.9 Å². The standard InChI is InChI=1S/C79H143N2O7P/c1-7-10-13-16-19-22-25-27-29-31-33-35-37-39-40-42-43-45-47-49-51-53-56-59-62-65-68-71-78(82)80-76(75-87-89(84,85)86-74-73-81(4,5)6)77(70-67-64-61-58-55-24-21-18-15-12-9-3)88-79(83)72-69-66-63-60-57-54-52-50-48-46-44-41-38-36-34-32-30-28-26-23-20-17-14-11-8-2/h10,13,19-20,22-23,27-30,33,35,39-40,67,70,76-77H,7-9,11-12,14-18,21,24-26,31-32,34,36-38,41-66,68-69,71-75H2,1-6H3,(H-,80,82,84,85)/b13-10-,22-19-,23-20-,29-27-,30-28-,35-33-,40-39-,70-67+.